The topological polar surface area (TPSA) is 92.0 Å². The molecule has 3 rings (SSSR count). The van der Waals surface area contributed by atoms with Crippen LogP contribution < -0.4 is 5.43 Å². The lowest BCUT2D eigenvalue weighted by Crippen LogP contribution is -2.28. The van der Waals surface area contributed by atoms with Crippen molar-refractivity contribution in [2.45, 2.75) is 24.7 Å². The molecule has 2 aromatic rings. The van der Waals surface area contributed by atoms with Gasteiger partial charge in [-0.15, -0.1) is 0 Å². The summed E-state index contributed by atoms with van der Waals surface area (Å²) in [4.78, 5) is 12.4. The van der Waals surface area contributed by atoms with Crippen LogP contribution in [0, 0.1) is 0 Å². The molecule has 0 saturated carbocycles. The third-order valence-corrected chi connectivity index (χ3v) is 5.90. The lowest BCUT2D eigenvalue weighted by atomic mass is 10.2. The van der Waals surface area contributed by atoms with E-state index in [0.29, 0.717) is 24.6 Å². The first-order valence-corrected chi connectivity index (χ1v) is 9.41. The van der Waals surface area contributed by atoms with Crippen LogP contribution in [0.25, 0.3) is 0 Å². The molecule has 0 spiro atoms. The van der Waals surface area contributed by atoms with Crippen molar-refractivity contribution < 1.29 is 17.6 Å². The Morgan fingerprint density at radius 2 is 1.96 bits per heavy atom. The Morgan fingerprint density at radius 1 is 1.20 bits per heavy atom. The Kier molecular flexibility index (Phi) is 5.00. The van der Waals surface area contributed by atoms with Gasteiger partial charge in [-0.05, 0) is 50.1 Å². The molecular weight excluding hydrogens is 342 g/mol. The second-order valence-corrected chi connectivity index (χ2v) is 7.69. The Morgan fingerprint density at radius 3 is 2.64 bits per heavy atom. The van der Waals surface area contributed by atoms with Gasteiger partial charge in [0, 0.05) is 18.7 Å². The van der Waals surface area contributed by atoms with E-state index in [0.717, 1.165) is 12.8 Å². The third kappa shape index (κ3) is 3.80. The van der Waals surface area contributed by atoms with E-state index < -0.39 is 15.9 Å². The van der Waals surface area contributed by atoms with Gasteiger partial charge in [0.1, 0.15) is 11.5 Å². The van der Waals surface area contributed by atoms with Crippen LogP contribution in [-0.4, -0.2) is 37.4 Å². The smallest absolute Gasteiger partial charge is 0.271 e. The Balaban J connectivity index is 1.77. The van der Waals surface area contributed by atoms with E-state index in [1.165, 1.54) is 22.7 Å². The molecule has 1 aliphatic rings. The Labute approximate surface area is 146 Å². The van der Waals surface area contributed by atoms with Crippen molar-refractivity contribution in [2.75, 3.05) is 13.1 Å². The largest absolute Gasteiger partial charge is 0.463 e. The van der Waals surface area contributed by atoms with Crippen molar-refractivity contribution >= 4 is 21.6 Å². The average molecular weight is 361 g/mol. The van der Waals surface area contributed by atoms with E-state index in [2.05, 4.69) is 10.5 Å². The zero-order valence-electron chi connectivity index (χ0n) is 13.8. The molecule has 8 heteroatoms. The quantitative estimate of drug-likeness (QED) is 0.653. The lowest BCUT2D eigenvalue weighted by Gasteiger charge is -2.15. The van der Waals surface area contributed by atoms with Gasteiger partial charge in [0.05, 0.1) is 11.2 Å². The molecule has 1 amide bonds. The maximum absolute atomic E-state index is 12.6. The first kappa shape index (κ1) is 17.4. The van der Waals surface area contributed by atoms with Crippen LogP contribution in [0.4, 0.5) is 0 Å². The molecule has 0 radical (unpaired) electrons. The average Bonchev–Trinajstić information content (AvgIpc) is 3.33. The SMILES string of the molecule is C/C(=N/NC(=O)c1cccc(S(=O)(=O)N2CCCC2)c1)c1ccco1. The number of hydrogen-bond acceptors (Lipinski definition) is 5. The summed E-state index contributed by atoms with van der Waals surface area (Å²) in [5.41, 5.74) is 3.16. The van der Waals surface area contributed by atoms with Crippen LogP contribution in [0.3, 0.4) is 0 Å². The van der Waals surface area contributed by atoms with Gasteiger partial charge < -0.3 is 4.42 Å². The van der Waals surface area contributed by atoms with Crippen molar-refractivity contribution in [3.8, 4) is 0 Å². The van der Waals surface area contributed by atoms with Gasteiger partial charge in [0.25, 0.3) is 5.91 Å². The zero-order valence-corrected chi connectivity index (χ0v) is 14.6. The fourth-order valence-electron chi connectivity index (χ4n) is 2.61. The molecule has 1 fully saturated rings. The monoisotopic (exact) mass is 361 g/mol. The van der Waals surface area contributed by atoms with Gasteiger partial charge in [-0.25, -0.2) is 13.8 Å². The van der Waals surface area contributed by atoms with Crippen molar-refractivity contribution in [3.05, 3.63) is 54.0 Å². The zero-order chi connectivity index (χ0) is 17.9. The summed E-state index contributed by atoms with van der Waals surface area (Å²) in [6.45, 7) is 2.74. The van der Waals surface area contributed by atoms with Gasteiger partial charge >= 0.3 is 0 Å². The summed E-state index contributed by atoms with van der Waals surface area (Å²) in [6, 6.07) is 9.44. The van der Waals surface area contributed by atoms with Crippen molar-refractivity contribution in [3.63, 3.8) is 0 Å². The van der Waals surface area contributed by atoms with Crippen molar-refractivity contribution in [1.82, 2.24) is 9.73 Å². The van der Waals surface area contributed by atoms with Gasteiger partial charge in [-0.3, -0.25) is 4.79 Å². The summed E-state index contributed by atoms with van der Waals surface area (Å²) in [5, 5.41) is 3.98. The first-order chi connectivity index (χ1) is 12.0. The predicted molar refractivity (Wildman–Crippen MR) is 92.8 cm³/mol. The number of hydrazone groups is 1. The number of carbonyl (C=O) groups excluding carboxylic acids is 1. The maximum Gasteiger partial charge on any atom is 0.271 e. The van der Waals surface area contributed by atoms with Crippen LogP contribution in [0.2, 0.25) is 0 Å². The molecule has 0 bridgehead atoms. The van der Waals surface area contributed by atoms with Crippen LogP contribution in [-0.2, 0) is 10.0 Å². The summed E-state index contributed by atoms with van der Waals surface area (Å²) < 4.78 is 31.8. The second kappa shape index (κ2) is 7.20. The molecule has 7 nitrogen and oxygen atoms in total. The van der Waals surface area contributed by atoms with Gasteiger partial charge in [-0.2, -0.15) is 9.41 Å². The highest BCUT2D eigenvalue weighted by Gasteiger charge is 2.27. The number of sulfonamides is 1. The molecular formula is C17H19N3O4S. The molecule has 1 saturated heterocycles. The van der Waals surface area contributed by atoms with Crippen LogP contribution in [0.1, 0.15) is 35.9 Å². The Bertz CT molecular complexity index is 882. The van der Waals surface area contributed by atoms with Gasteiger partial charge in [-0.1, -0.05) is 6.07 Å². The van der Waals surface area contributed by atoms with E-state index in [1.54, 1.807) is 31.2 Å². The predicted octanol–water partition coefficient (Wildman–Crippen LogP) is 2.22. The number of benzene rings is 1. The Hall–Kier alpha value is -2.45. The number of hydrogen-bond donors (Lipinski definition) is 1. The van der Waals surface area contributed by atoms with Crippen LogP contribution >= 0.6 is 0 Å². The molecule has 1 aromatic heterocycles. The molecule has 0 atom stereocenters. The lowest BCUT2D eigenvalue weighted by molar-refractivity contribution is 0.0954. The number of amides is 1. The molecule has 0 unspecified atom stereocenters. The molecule has 0 aliphatic carbocycles. The molecule has 1 aliphatic heterocycles. The molecule has 132 valence electrons. The minimum Gasteiger partial charge on any atom is -0.463 e. The number of carbonyl (C=O) groups is 1. The first-order valence-electron chi connectivity index (χ1n) is 7.97. The summed E-state index contributed by atoms with van der Waals surface area (Å²) in [6.07, 6.45) is 3.24. The van der Waals surface area contributed by atoms with Crippen molar-refractivity contribution in [1.29, 1.82) is 0 Å². The van der Waals surface area contributed by atoms with E-state index in [-0.39, 0.29) is 10.5 Å². The van der Waals surface area contributed by atoms with E-state index in [1.807, 2.05) is 0 Å². The summed E-state index contributed by atoms with van der Waals surface area (Å²) in [5.74, 6) is 0.0649. The second-order valence-electron chi connectivity index (χ2n) is 5.75. The standard InChI is InChI=1S/C17H19N3O4S/c1-13(16-8-5-11-24-16)18-19-17(21)14-6-4-7-15(12-14)25(22,23)20-9-2-3-10-20/h4-8,11-12H,2-3,9-10H2,1H3,(H,19,21)/b18-13-. The maximum atomic E-state index is 12.6. The fourth-order valence-corrected chi connectivity index (χ4v) is 4.18. The van der Waals surface area contributed by atoms with E-state index in [9.17, 15) is 13.2 Å². The van der Waals surface area contributed by atoms with Crippen LogP contribution in [0.5, 0.6) is 0 Å². The molecule has 25 heavy (non-hydrogen) atoms. The summed E-state index contributed by atoms with van der Waals surface area (Å²) >= 11 is 0. The normalized spacial score (nSPS) is 16.1. The van der Waals surface area contributed by atoms with Crippen LogP contribution in [0.15, 0.2) is 57.1 Å². The molecule has 1 aromatic carbocycles. The number of nitrogens with zero attached hydrogens (tertiary/aromatic N) is 2. The number of nitrogens with one attached hydrogen (secondary N) is 1. The fraction of sp³-hybridized carbons (Fsp3) is 0.294. The number of rotatable bonds is 5. The molecule has 1 N–H and O–H groups in total. The highest BCUT2D eigenvalue weighted by Crippen LogP contribution is 2.21. The van der Waals surface area contributed by atoms with Gasteiger partial charge in [0.2, 0.25) is 10.0 Å². The third-order valence-electron chi connectivity index (χ3n) is 4.00. The highest BCUT2D eigenvalue weighted by molar-refractivity contribution is 7.89. The van der Waals surface area contributed by atoms with E-state index >= 15 is 0 Å². The minimum atomic E-state index is -3.56. The van der Waals surface area contributed by atoms with E-state index in [4.69, 9.17) is 4.42 Å². The number of furan rings is 1. The highest BCUT2D eigenvalue weighted by atomic mass is 32.2. The minimum absolute atomic E-state index is 0.119. The van der Waals surface area contributed by atoms with Crippen molar-refractivity contribution in [2.24, 2.45) is 5.10 Å². The molecule has 2 heterocycles. The summed E-state index contributed by atoms with van der Waals surface area (Å²) in [7, 11) is -3.56. The van der Waals surface area contributed by atoms with Gasteiger partial charge in [0.15, 0.2) is 0 Å².